The minimum Gasteiger partial charge on any atom is -0.506 e. The Morgan fingerprint density at radius 3 is 2.17 bits per heavy atom. The fourth-order valence-corrected chi connectivity index (χ4v) is 3.06. The summed E-state index contributed by atoms with van der Waals surface area (Å²) in [4.78, 5) is 11.7. The number of methoxy groups -OCH3 is 1. The molecule has 1 aromatic rings. The van der Waals surface area contributed by atoms with Crippen LogP contribution in [0.5, 0.6) is 5.75 Å². The molecule has 0 saturated carbocycles. The number of ether oxygens (including phenoxy) is 1. The Labute approximate surface area is 138 Å². The van der Waals surface area contributed by atoms with Crippen LogP contribution in [0.15, 0.2) is 17.0 Å². The van der Waals surface area contributed by atoms with E-state index in [0.717, 1.165) is 11.8 Å². The molecule has 0 aromatic heterocycles. The molecule has 0 saturated heterocycles. The summed E-state index contributed by atoms with van der Waals surface area (Å²) in [6.45, 7) is 5.98. The van der Waals surface area contributed by atoms with Crippen LogP contribution < -0.4 is 0 Å². The number of aromatic hydroxyl groups is 1. The first-order valence-corrected chi connectivity index (χ1v) is 9.07. The number of sulfone groups is 1. The number of carbonyl (C=O) groups is 1. The van der Waals surface area contributed by atoms with Crippen LogP contribution in [0.1, 0.15) is 31.9 Å². The van der Waals surface area contributed by atoms with Gasteiger partial charge in [0.25, 0.3) is 0 Å². The van der Waals surface area contributed by atoms with E-state index in [0.29, 0.717) is 5.56 Å². The molecule has 0 bridgehead atoms. The van der Waals surface area contributed by atoms with E-state index in [1.54, 1.807) is 20.2 Å². The maximum Gasteiger partial charge on any atom is 0.515 e. The van der Waals surface area contributed by atoms with E-state index >= 15 is 0 Å². The highest BCUT2D eigenvalue weighted by Crippen LogP contribution is 2.35. The highest BCUT2D eigenvalue weighted by Gasteiger charge is 2.32. The van der Waals surface area contributed by atoms with Crippen LogP contribution in [0.2, 0.25) is 0 Å². The third-order valence-corrected chi connectivity index (χ3v) is 4.76. The largest absolute Gasteiger partial charge is 0.515 e. The first-order valence-electron chi connectivity index (χ1n) is 7.18. The van der Waals surface area contributed by atoms with Crippen molar-refractivity contribution in [3.05, 3.63) is 23.3 Å². The number of phenols is 1. The van der Waals surface area contributed by atoms with Gasteiger partial charge in [0.05, 0.1) is 26.8 Å². The lowest BCUT2D eigenvalue weighted by Gasteiger charge is -2.27. The zero-order chi connectivity index (χ0) is 18.2. The smallest absolute Gasteiger partial charge is 0.506 e. The highest BCUT2D eigenvalue weighted by atomic mass is 32.2. The molecule has 1 N–H and O–H groups in total. The van der Waals surface area contributed by atoms with Crippen LogP contribution in [0, 0.1) is 0 Å². The van der Waals surface area contributed by atoms with Crippen LogP contribution in [0.4, 0.5) is 4.79 Å². The summed E-state index contributed by atoms with van der Waals surface area (Å²) < 4.78 is 28.6. The summed E-state index contributed by atoms with van der Waals surface area (Å²) in [6, 6.07) is 3.24. The lowest BCUT2D eigenvalue weighted by molar-refractivity contribution is -0.830. The number of amides is 1. The van der Waals surface area contributed by atoms with Gasteiger partial charge in [0.15, 0.2) is 9.84 Å². The molecule has 6 nitrogen and oxygen atoms in total. The first kappa shape index (κ1) is 19.4. The van der Waals surface area contributed by atoms with E-state index in [9.17, 15) is 18.3 Å². The molecule has 0 aliphatic heterocycles. The average molecular weight is 344 g/mol. The molecule has 0 aliphatic carbocycles. The topological polar surface area (TPSA) is 80.7 Å². The SMILES string of the molecule is COC(=O)[N+](C)(C)Cc1cc(C(C)(C)C)cc(S(C)(=O)=O)c1O. The summed E-state index contributed by atoms with van der Waals surface area (Å²) in [7, 11) is 0.962. The minimum atomic E-state index is -3.59. The summed E-state index contributed by atoms with van der Waals surface area (Å²) in [5.74, 6) is -0.310. The highest BCUT2D eigenvalue weighted by molar-refractivity contribution is 7.90. The number of hydrogen-bond acceptors (Lipinski definition) is 5. The number of phenolic OH excluding ortho intramolecular Hbond substituents is 1. The Kier molecular flexibility index (Phi) is 5.18. The van der Waals surface area contributed by atoms with E-state index in [-0.39, 0.29) is 27.1 Å². The van der Waals surface area contributed by atoms with Gasteiger partial charge in [-0.05, 0) is 23.1 Å². The molecule has 1 aromatic carbocycles. The predicted molar refractivity (Wildman–Crippen MR) is 88.1 cm³/mol. The maximum atomic E-state index is 12.0. The predicted octanol–water partition coefficient (Wildman–Crippen LogP) is 2.44. The average Bonchev–Trinajstić information content (AvgIpc) is 2.37. The molecule has 0 fully saturated rings. The number of quaternary nitrogens is 1. The number of hydrogen-bond donors (Lipinski definition) is 1. The molecule has 0 aliphatic rings. The van der Waals surface area contributed by atoms with Gasteiger partial charge in [-0.25, -0.2) is 12.9 Å². The van der Waals surface area contributed by atoms with E-state index in [1.807, 2.05) is 20.8 Å². The molecule has 130 valence electrons. The fourth-order valence-electron chi connectivity index (χ4n) is 2.24. The summed E-state index contributed by atoms with van der Waals surface area (Å²) in [6.07, 6.45) is 0.574. The molecule has 0 heterocycles. The second kappa shape index (κ2) is 6.13. The molecule has 0 spiro atoms. The van der Waals surface area contributed by atoms with Crippen molar-refractivity contribution >= 4 is 15.9 Å². The molecular weight excluding hydrogens is 318 g/mol. The van der Waals surface area contributed by atoms with Crippen molar-refractivity contribution in [3.8, 4) is 5.75 Å². The van der Waals surface area contributed by atoms with Crippen molar-refractivity contribution in [3.63, 3.8) is 0 Å². The lowest BCUT2D eigenvalue weighted by atomic mass is 9.86. The van der Waals surface area contributed by atoms with E-state index < -0.39 is 15.9 Å². The van der Waals surface area contributed by atoms with Gasteiger partial charge in [-0.15, -0.1) is 0 Å². The van der Waals surface area contributed by atoms with Crippen molar-refractivity contribution in [2.45, 2.75) is 37.6 Å². The molecule has 0 atom stereocenters. The number of benzene rings is 1. The Morgan fingerprint density at radius 2 is 1.78 bits per heavy atom. The number of rotatable bonds is 3. The molecule has 1 amide bonds. The molecule has 1 rings (SSSR count). The van der Waals surface area contributed by atoms with Crippen molar-refractivity contribution in [2.75, 3.05) is 27.5 Å². The van der Waals surface area contributed by atoms with E-state index in [2.05, 4.69) is 0 Å². The summed E-state index contributed by atoms with van der Waals surface area (Å²) >= 11 is 0. The Bertz CT molecular complexity index is 715. The van der Waals surface area contributed by atoms with Gasteiger partial charge in [0.1, 0.15) is 17.2 Å². The van der Waals surface area contributed by atoms with Gasteiger partial charge in [-0.1, -0.05) is 20.8 Å². The second-order valence-corrected chi connectivity index (χ2v) is 9.30. The van der Waals surface area contributed by atoms with Crippen molar-refractivity contribution in [2.24, 2.45) is 0 Å². The van der Waals surface area contributed by atoms with Crippen LogP contribution in [0.25, 0.3) is 0 Å². The van der Waals surface area contributed by atoms with Gasteiger partial charge >= 0.3 is 6.09 Å². The standard InChI is InChI=1S/C16H25NO5S/c1-16(2,3)12-8-11(10-17(4,5)15(19)22-6)14(18)13(9-12)23(7,20)21/h8-9H,10H2,1-7H3/p+1. The van der Waals surface area contributed by atoms with E-state index in [1.165, 1.54) is 13.2 Å². The van der Waals surface area contributed by atoms with Crippen LogP contribution in [-0.4, -0.2) is 51.6 Å². The van der Waals surface area contributed by atoms with Crippen LogP contribution in [-0.2, 0) is 26.5 Å². The van der Waals surface area contributed by atoms with Crippen LogP contribution in [0.3, 0.4) is 0 Å². The van der Waals surface area contributed by atoms with Gasteiger partial charge in [-0.3, -0.25) is 0 Å². The Balaban J connectivity index is 3.57. The lowest BCUT2D eigenvalue weighted by Crippen LogP contribution is -2.44. The zero-order valence-electron chi connectivity index (χ0n) is 14.8. The molecule has 0 radical (unpaired) electrons. The first-order chi connectivity index (χ1) is 10.2. The zero-order valence-corrected chi connectivity index (χ0v) is 15.6. The number of carbonyl (C=O) groups excluding carboxylic acids is 1. The van der Waals surface area contributed by atoms with Crippen molar-refractivity contribution in [1.82, 2.24) is 0 Å². The monoisotopic (exact) mass is 344 g/mol. The number of nitrogens with zero attached hydrogens (tertiary/aromatic N) is 1. The Hall–Kier alpha value is -1.60. The Morgan fingerprint density at radius 1 is 1.26 bits per heavy atom. The van der Waals surface area contributed by atoms with Crippen molar-refractivity contribution < 1.29 is 27.5 Å². The van der Waals surface area contributed by atoms with Gasteiger partial charge < -0.3 is 9.84 Å². The molecule has 7 heteroatoms. The quantitative estimate of drug-likeness (QED) is 0.852. The molecule has 23 heavy (non-hydrogen) atoms. The molecular formula is C16H26NO5S+. The molecule has 0 unspecified atom stereocenters. The van der Waals surface area contributed by atoms with Gasteiger partial charge in [0.2, 0.25) is 0 Å². The third-order valence-electron chi connectivity index (χ3n) is 3.65. The van der Waals surface area contributed by atoms with Gasteiger partial charge in [0, 0.05) is 6.26 Å². The fraction of sp³-hybridized carbons (Fsp3) is 0.562. The third kappa shape index (κ3) is 4.45. The maximum absolute atomic E-state index is 12.0. The van der Waals surface area contributed by atoms with E-state index in [4.69, 9.17) is 4.74 Å². The van der Waals surface area contributed by atoms with Crippen molar-refractivity contribution in [1.29, 1.82) is 0 Å². The van der Waals surface area contributed by atoms with Crippen LogP contribution >= 0.6 is 0 Å². The summed E-state index contributed by atoms with van der Waals surface area (Å²) in [5, 5.41) is 10.4. The second-order valence-electron chi connectivity index (χ2n) is 7.32. The normalized spacial score (nSPS) is 13.0. The minimum absolute atomic E-state index is 0.116. The van der Waals surface area contributed by atoms with Gasteiger partial charge in [-0.2, -0.15) is 4.79 Å². The summed E-state index contributed by atoms with van der Waals surface area (Å²) in [5.41, 5.74) is 0.869.